The molecule has 2 rings (SSSR count). The topological polar surface area (TPSA) is 57.3 Å². The maximum Gasteiger partial charge on any atom is 0.315 e. The molecule has 1 aromatic carbocycles. The van der Waals surface area contributed by atoms with Crippen molar-refractivity contribution in [2.24, 2.45) is 0 Å². The number of halogens is 1. The van der Waals surface area contributed by atoms with Gasteiger partial charge < -0.3 is 15.5 Å². The van der Waals surface area contributed by atoms with Crippen molar-refractivity contribution in [1.82, 2.24) is 15.6 Å². The zero-order valence-electron chi connectivity index (χ0n) is 13.1. The zero-order valence-corrected chi connectivity index (χ0v) is 13.1. The van der Waals surface area contributed by atoms with Crippen LogP contribution < -0.4 is 15.5 Å². The molecule has 0 saturated heterocycles. The molecule has 0 aliphatic rings. The predicted molar refractivity (Wildman–Crippen MR) is 88.8 cm³/mol. The molecular formula is C17H21FN4O. The number of para-hydroxylation sites is 1. The molecule has 122 valence electrons. The van der Waals surface area contributed by atoms with E-state index in [2.05, 4.69) is 15.6 Å². The summed E-state index contributed by atoms with van der Waals surface area (Å²) < 4.78 is 13.6. The highest BCUT2D eigenvalue weighted by Crippen LogP contribution is 2.16. The van der Waals surface area contributed by atoms with Crippen molar-refractivity contribution < 1.29 is 9.18 Å². The van der Waals surface area contributed by atoms with Gasteiger partial charge in [-0.2, -0.15) is 0 Å². The molecule has 5 nitrogen and oxygen atoms in total. The molecule has 0 saturated carbocycles. The number of carbonyl (C=O) groups excluding carboxylic acids is 1. The van der Waals surface area contributed by atoms with E-state index in [-0.39, 0.29) is 11.8 Å². The number of anilines is 1. The third-order valence-electron chi connectivity index (χ3n) is 3.42. The molecule has 0 aliphatic carbocycles. The molecule has 0 atom stereocenters. The second kappa shape index (κ2) is 8.73. The van der Waals surface area contributed by atoms with Crippen molar-refractivity contribution in [3.8, 4) is 0 Å². The highest BCUT2D eigenvalue weighted by molar-refractivity contribution is 5.73. The van der Waals surface area contributed by atoms with E-state index in [1.807, 2.05) is 24.1 Å². The van der Waals surface area contributed by atoms with Crippen LogP contribution in [0, 0.1) is 5.82 Å². The summed E-state index contributed by atoms with van der Waals surface area (Å²) in [5.74, 6) is -0.238. The Labute approximate surface area is 135 Å². The average Bonchev–Trinajstić information content (AvgIpc) is 2.58. The summed E-state index contributed by atoms with van der Waals surface area (Å²) in [4.78, 5) is 17.4. The van der Waals surface area contributed by atoms with Gasteiger partial charge in [0.2, 0.25) is 0 Å². The van der Waals surface area contributed by atoms with E-state index in [1.165, 1.54) is 6.07 Å². The lowest BCUT2D eigenvalue weighted by Crippen LogP contribution is -2.36. The SMILES string of the molecule is CN(CCCNC(=O)NCc1ccncc1)c1ccccc1F. The molecule has 0 fully saturated rings. The summed E-state index contributed by atoms with van der Waals surface area (Å²) in [7, 11) is 1.84. The summed E-state index contributed by atoms with van der Waals surface area (Å²) in [6.07, 6.45) is 4.11. The molecule has 1 heterocycles. The average molecular weight is 316 g/mol. The highest BCUT2D eigenvalue weighted by atomic mass is 19.1. The van der Waals surface area contributed by atoms with Gasteiger partial charge in [-0.1, -0.05) is 12.1 Å². The normalized spacial score (nSPS) is 10.2. The summed E-state index contributed by atoms with van der Waals surface area (Å²) in [6, 6.07) is 10.1. The zero-order chi connectivity index (χ0) is 16.5. The Balaban J connectivity index is 1.63. The van der Waals surface area contributed by atoms with Crippen LogP contribution in [-0.2, 0) is 6.54 Å². The summed E-state index contributed by atoms with van der Waals surface area (Å²) in [5, 5.41) is 5.56. The van der Waals surface area contributed by atoms with Gasteiger partial charge in [-0.25, -0.2) is 9.18 Å². The smallest absolute Gasteiger partial charge is 0.315 e. The first kappa shape index (κ1) is 16.7. The summed E-state index contributed by atoms with van der Waals surface area (Å²) in [6.45, 7) is 1.65. The van der Waals surface area contributed by atoms with Crippen LogP contribution in [0.25, 0.3) is 0 Å². The quantitative estimate of drug-likeness (QED) is 0.772. The fourth-order valence-electron chi connectivity index (χ4n) is 2.15. The molecule has 0 radical (unpaired) electrons. The molecular weight excluding hydrogens is 295 g/mol. The fraction of sp³-hybridized carbons (Fsp3) is 0.294. The van der Waals surface area contributed by atoms with Crippen LogP contribution in [0.5, 0.6) is 0 Å². The molecule has 23 heavy (non-hydrogen) atoms. The second-order valence-corrected chi connectivity index (χ2v) is 5.19. The number of amides is 2. The van der Waals surface area contributed by atoms with Crippen molar-refractivity contribution >= 4 is 11.7 Å². The Morgan fingerprint density at radius 2 is 1.91 bits per heavy atom. The minimum Gasteiger partial charge on any atom is -0.372 e. The van der Waals surface area contributed by atoms with E-state index in [9.17, 15) is 9.18 Å². The first-order valence-corrected chi connectivity index (χ1v) is 7.53. The number of nitrogens with one attached hydrogen (secondary N) is 2. The molecule has 0 aliphatic heterocycles. The third kappa shape index (κ3) is 5.58. The van der Waals surface area contributed by atoms with E-state index < -0.39 is 0 Å². The van der Waals surface area contributed by atoms with Crippen LogP contribution >= 0.6 is 0 Å². The number of hydrogen-bond acceptors (Lipinski definition) is 3. The molecule has 2 amide bonds. The van der Waals surface area contributed by atoms with E-state index in [0.717, 1.165) is 12.0 Å². The largest absolute Gasteiger partial charge is 0.372 e. The van der Waals surface area contributed by atoms with Crippen LogP contribution in [0.2, 0.25) is 0 Å². The maximum absolute atomic E-state index is 13.6. The fourth-order valence-corrected chi connectivity index (χ4v) is 2.15. The van der Waals surface area contributed by atoms with Gasteiger partial charge >= 0.3 is 6.03 Å². The minimum absolute atomic E-state index is 0.213. The molecule has 2 aromatic rings. The van der Waals surface area contributed by atoms with Crippen molar-refractivity contribution in [2.45, 2.75) is 13.0 Å². The first-order chi connectivity index (χ1) is 11.2. The molecule has 0 spiro atoms. The maximum atomic E-state index is 13.6. The standard InChI is InChI=1S/C17H21FN4O/c1-22(16-6-3-2-5-15(16)18)12-4-9-20-17(23)21-13-14-7-10-19-11-8-14/h2-3,5-8,10-11H,4,9,12-13H2,1H3,(H2,20,21,23). The van der Waals surface area contributed by atoms with Gasteiger partial charge in [0.05, 0.1) is 5.69 Å². The van der Waals surface area contributed by atoms with E-state index >= 15 is 0 Å². The van der Waals surface area contributed by atoms with Gasteiger partial charge in [0.1, 0.15) is 5.82 Å². The van der Waals surface area contributed by atoms with Crippen LogP contribution in [0.15, 0.2) is 48.8 Å². The first-order valence-electron chi connectivity index (χ1n) is 7.53. The van der Waals surface area contributed by atoms with Crippen LogP contribution in [0.3, 0.4) is 0 Å². The number of carbonyl (C=O) groups is 1. The van der Waals surface area contributed by atoms with Crippen LogP contribution in [0.4, 0.5) is 14.9 Å². The second-order valence-electron chi connectivity index (χ2n) is 5.19. The van der Waals surface area contributed by atoms with E-state index in [4.69, 9.17) is 0 Å². The molecule has 2 N–H and O–H groups in total. The highest BCUT2D eigenvalue weighted by Gasteiger charge is 2.06. The number of nitrogens with zero attached hydrogens (tertiary/aromatic N) is 2. The van der Waals surface area contributed by atoms with Crippen LogP contribution in [0.1, 0.15) is 12.0 Å². The Bertz CT molecular complexity index is 621. The van der Waals surface area contributed by atoms with Crippen molar-refractivity contribution in [3.05, 3.63) is 60.2 Å². The Kier molecular flexibility index (Phi) is 6.35. The summed E-state index contributed by atoms with van der Waals surface area (Å²) in [5.41, 5.74) is 1.56. The summed E-state index contributed by atoms with van der Waals surface area (Å²) >= 11 is 0. The van der Waals surface area contributed by atoms with Gasteiger partial charge in [0, 0.05) is 39.1 Å². The van der Waals surface area contributed by atoms with Gasteiger partial charge in [-0.3, -0.25) is 4.98 Å². The van der Waals surface area contributed by atoms with Gasteiger partial charge in [0.15, 0.2) is 0 Å². The molecule has 0 bridgehead atoms. The van der Waals surface area contributed by atoms with E-state index in [1.54, 1.807) is 30.6 Å². The van der Waals surface area contributed by atoms with E-state index in [0.29, 0.717) is 25.3 Å². The van der Waals surface area contributed by atoms with Gasteiger partial charge in [-0.05, 0) is 36.2 Å². The molecule has 6 heteroatoms. The lowest BCUT2D eigenvalue weighted by atomic mass is 10.2. The molecule has 0 unspecified atom stereocenters. The van der Waals surface area contributed by atoms with Crippen molar-refractivity contribution in [2.75, 3.05) is 25.0 Å². The number of urea groups is 1. The third-order valence-corrected chi connectivity index (χ3v) is 3.42. The number of hydrogen-bond donors (Lipinski definition) is 2. The van der Waals surface area contributed by atoms with Crippen molar-refractivity contribution in [1.29, 1.82) is 0 Å². The van der Waals surface area contributed by atoms with Crippen LogP contribution in [-0.4, -0.2) is 31.2 Å². The lowest BCUT2D eigenvalue weighted by molar-refractivity contribution is 0.240. The number of pyridine rings is 1. The molecule has 1 aromatic heterocycles. The number of aromatic nitrogens is 1. The lowest BCUT2D eigenvalue weighted by Gasteiger charge is -2.19. The predicted octanol–water partition coefficient (Wildman–Crippen LogP) is 2.55. The minimum atomic E-state index is -0.238. The Morgan fingerprint density at radius 1 is 1.17 bits per heavy atom. The monoisotopic (exact) mass is 316 g/mol. The Hall–Kier alpha value is -2.63. The Morgan fingerprint density at radius 3 is 2.65 bits per heavy atom. The number of benzene rings is 1. The number of rotatable bonds is 7. The van der Waals surface area contributed by atoms with Gasteiger partial charge in [0.25, 0.3) is 0 Å². The van der Waals surface area contributed by atoms with Gasteiger partial charge in [-0.15, -0.1) is 0 Å². The van der Waals surface area contributed by atoms with Crippen molar-refractivity contribution in [3.63, 3.8) is 0 Å².